The van der Waals surface area contributed by atoms with Crippen LogP contribution in [0.4, 0.5) is 5.00 Å². The lowest BCUT2D eigenvalue weighted by molar-refractivity contribution is 0.0526. The van der Waals surface area contributed by atoms with Crippen molar-refractivity contribution in [3.05, 3.63) is 86.2 Å². The predicted molar refractivity (Wildman–Crippen MR) is 128 cm³/mol. The zero-order chi connectivity index (χ0) is 22.7. The SMILES string of the molecule is CCOC(=O)c1c(NC(=O)c2ccc(Br)cc2)sc2c1CC[C@](C#N)(c1ccccc1)C2. The molecule has 1 aliphatic carbocycles. The fraction of sp³-hybridized carbons (Fsp3) is 0.240. The number of esters is 1. The van der Waals surface area contributed by atoms with Crippen molar-refractivity contribution >= 4 is 44.1 Å². The standard InChI is InChI=1S/C25H21BrN2O3S/c1-2-31-24(30)21-19-12-13-25(15-27,17-6-4-3-5-7-17)14-20(19)32-23(21)28-22(29)16-8-10-18(26)11-9-16/h3-11H,2,12-14H2,1H3,(H,28,29)/t25-/m0/s1. The fourth-order valence-electron chi connectivity index (χ4n) is 4.07. The van der Waals surface area contributed by atoms with E-state index in [-0.39, 0.29) is 12.5 Å². The first-order chi connectivity index (χ1) is 15.5. The molecule has 0 spiro atoms. The molecule has 5 nitrogen and oxygen atoms in total. The highest BCUT2D eigenvalue weighted by atomic mass is 79.9. The molecule has 1 N–H and O–H groups in total. The molecule has 2 aromatic carbocycles. The summed E-state index contributed by atoms with van der Waals surface area (Å²) in [5, 5.41) is 13.5. The van der Waals surface area contributed by atoms with Gasteiger partial charge in [-0.3, -0.25) is 4.79 Å². The number of thiophene rings is 1. The van der Waals surface area contributed by atoms with Crippen molar-refractivity contribution < 1.29 is 14.3 Å². The number of nitrogens with one attached hydrogen (secondary N) is 1. The Morgan fingerprint density at radius 1 is 1.19 bits per heavy atom. The maximum Gasteiger partial charge on any atom is 0.341 e. The lowest BCUT2D eigenvalue weighted by Gasteiger charge is -2.31. The number of hydrogen-bond donors (Lipinski definition) is 1. The van der Waals surface area contributed by atoms with Gasteiger partial charge in [-0.1, -0.05) is 46.3 Å². The number of nitrogens with zero attached hydrogens (tertiary/aromatic N) is 1. The van der Waals surface area contributed by atoms with Gasteiger partial charge in [-0.05, 0) is 55.2 Å². The van der Waals surface area contributed by atoms with E-state index in [2.05, 4.69) is 27.3 Å². The van der Waals surface area contributed by atoms with Gasteiger partial charge in [0.2, 0.25) is 0 Å². The van der Waals surface area contributed by atoms with E-state index in [1.807, 2.05) is 30.3 Å². The van der Waals surface area contributed by atoms with Gasteiger partial charge in [0.15, 0.2) is 0 Å². The molecule has 0 unspecified atom stereocenters. The van der Waals surface area contributed by atoms with Crippen LogP contribution in [0.2, 0.25) is 0 Å². The number of anilines is 1. The minimum atomic E-state index is -0.655. The molecule has 1 atom stereocenters. The van der Waals surface area contributed by atoms with Gasteiger partial charge in [0, 0.05) is 21.3 Å². The molecule has 162 valence electrons. The van der Waals surface area contributed by atoms with Crippen LogP contribution in [0.1, 0.15) is 50.1 Å². The topological polar surface area (TPSA) is 79.2 Å². The lowest BCUT2D eigenvalue weighted by Crippen LogP contribution is -2.31. The number of nitriles is 1. The van der Waals surface area contributed by atoms with Crippen molar-refractivity contribution in [2.75, 3.05) is 11.9 Å². The van der Waals surface area contributed by atoms with E-state index >= 15 is 0 Å². The number of benzene rings is 2. The zero-order valence-corrected chi connectivity index (χ0v) is 19.9. The Balaban J connectivity index is 1.72. The number of fused-ring (bicyclic) bond motifs is 1. The van der Waals surface area contributed by atoms with Crippen LogP contribution in [0.3, 0.4) is 0 Å². The zero-order valence-electron chi connectivity index (χ0n) is 17.5. The first-order valence-corrected chi connectivity index (χ1v) is 11.9. The second-order valence-electron chi connectivity index (χ2n) is 7.63. The van der Waals surface area contributed by atoms with E-state index in [0.717, 1.165) is 20.5 Å². The van der Waals surface area contributed by atoms with Gasteiger partial charge >= 0.3 is 5.97 Å². The number of amides is 1. The first kappa shape index (κ1) is 22.3. The normalized spacial score (nSPS) is 17.2. The Hall–Kier alpha value is -2.95. The largest absolute Gasteiger partial charge is 0.462 e. The molecule has 0 bridgehead atoms. The molecular weight excluding hydrogens is 488 g/mol. The van der Waals surface area contributed by atoms with Crippen LogP contribution in [-0.4, -0.2) is 18.5 Å². The molecule has 1 heterocycles. The number of ether oxygens (including phenoxy) is 1. The van der Waals surface area contributed by atoms with Crippen molar-refractivity contribution in [2.45, 2.75) is 31.6 Å². The van der Waals surface area contributed by atoms with Crippen LogP contribution in [0.15, 0.2) is 59.1 Å². The van der Waals surface area contributed by atoms with Crippen LogP contribution in [0.5, 0.6) is 0 Å². The molecule has 3 aromatic rings. The van der Waals surface area contributed by atoms with Crippen molar-refractivity contribution in [1.82, 2.24) is 0 Å². The third kappa shape index (κ3) is 4.21. The van der Waals surface area contributed by atoms with Gasteiger partial charge in [0.25, 0.3) is 5.91 Å². The summed E-state index contributed by atoms with van der Waals surface area (Å²) in [6, 6.07) is 19.3. The average molecular weight is 509 g/mol. The second kappa shape index (κ2) is 9.27. The maximum atomic E-state index is 12.9. The van der Waals surface area contributed by atoms with Crippen molar-refractivity contribution in [1.29, 1.82) is 5.26 Å². The number of rotatable bonds is 5. The maximum absolute atomic E-state index is 12.9. The van der Waals surface area contributed by atoms with Crippen molar-refractivity contribution in [3.8, 4) is 6.07 Å². The Bertz CT molecular complexity index is 1200. The molecule has 0 fully saturated rings. The number of halogens is 1. The smallest absolute Gasteiger partial charge is 0.341 e. The second-order valence-corrected chi connectivity index (χ2v) is 9.65. The first-order valence-electron chi connectivity index (χ1n) is 10.3. The minimum absolute atomic E-state index is 0.246. The summed E-state index contributed by atoms with van der Waals surface area (Å²) in [4.78, 5) is 26.6. The van der Waals surface area contributed by atoms with Crippen LogP contribution in [-0.2, 0) is 23.0 Å². The molecule has 1 aliphatic rings. The number of carbonyl (C=O) groups excluding carboxylic acids is 2. The van der Waals surface area contributed by atoms with Crippen LogP contribution < -0.4 is 5.32 Å². The minimum Gasteiger partial charge on any atom is -0.462 e. The van der Waals surface area contributed by atoms with Crippen molar-refractivity contribution in [3.63, 3.8) is 0 Å². The highest BCUT2D eigenvalue weighted by Gasteiger charge is 2.40. The summed E-state index contributed by atoms with van der Waals surface area (Å²) in [6.07, 6.45) is 1.66. The molecule has 4 rings (SSSR count). The van der Waals surface area contributed by atoms with E-state index in [1.54, 1.807) is 31.2 Å². The van der Waals surface area contributed by atoms with Crippen LogP contribution in [0, 0.1) is 11.3 Å². The lowest BCUT2D eigenvalue weighted by atomic mass is 9.70. The number of carbonyl (C=O) groups is 2. The monoisotopic (exact) mass is 508 g/mol. The molecule has 1 amide bonds. The third-order valence-electron chi connectivity index (χ3n) is 5.71. The molecule has 0 aliphatic heterocycles. The van der Waals surface area contributed by atoms with E-state index in [9.17, 15) is 14.9 Å². The summed E-state index contributed by atoms with van der Waals surface area (Å²) in [5.41, 5.74) is 2.10. The van der Waals surface area contributed by atoms with E-state index < -0.39 is 11.4 Å². The molecule has 0 radical (unpaired) electrons. The summed E-state index contributed by atoms with van der Waals surface area (Å²) < 4.78 is 6.18. The van der Waals surface area contributed by atoms with Crippen LogP contribution in [0.25, 0.3) is 0 Å². The Labute approximate surface area is 199 Å². The summed E-state index contributed by atoms with van der Waals surface area (Å²) >= 11 is 4.73. The molecule has 7 heteroatoms. The quantitative estimate of drug-likeness (QED) is 0.435. The Morgan fingerprint density at radius 3 is 2.56 bits per heavy atom. The Kier molecular flexibility index (Phi) is 6.45. The van der Waals surface area contributed by atoms with Gasteiger partial charge < -0.3 is 10.1 Å². The van der Waals surface area contributed by atoms with Crippen molar-refractivity contribution in [2.24, 2.45) is 0 Å². The van der Waals surface area contributed by atoms with Gasteiger partial charge in [-0.25, -0.2) is 4.79 Å². The molecule has 0 saturated heterocycles. The van der Waals surface area contributed by atoms with E-state index in [1.165, 1.54) is 11.3 Å². The van der Waals surface area contributed by atoms with Gasteiger partial charge in [-0.2, -0.15) is 5.26 Å². The fourth-order valence-corrected chi connectivity index (χ4v) is 5.68. The summed E-state index contributed by atoms with van der Waals surface area (Å²) in [6.45, 7) is 2.00. The molecule has 32 heavy (non-hydrogen) atoms. The molecular formula is C25H21BrN2O3S. The average Bonchev–Trinajstić information content (AvgIpc) is 3.16. The predicted octanol–water partition coefficient (Wildman–Crippen LogP) is 5.89. The molecule has 0 saturated carbocycles. The summed E-state index contributed by atoms with van der Waals surface area (Å²) in [7, 11) is 0. The highest BCUT2D eigenvalue weighted by Crippen LogP contribution is 2.45. The van der Waals surface area contributed by atoms with Crippen LogP contribution >= 0.6 is 27.3 Å². The molecule has 1 aromatic heterocycles. The Morgan fingerprint density at radius 2 is 1.91 bits per heavy atom. The highest BCUT2D eigenvalue weighted by molar-refractivity contribution is 9.10. The van der Waals surface area contributed by atoms with E-state index in [0.29, 0.717) is 35.4 Å². The van der Waals surface area contributed by atoms with Gasteiger partial charge in [0.1, 0.15) is 5.00 Å². The summed E-state index contributed by atoms with van der Waals surface area (Å²) in [5.74, 6) is -0.739. The third-order valence-corrected chi connectivity index (χ3v) is 7.38. The number of hydrogen-bond acceptors (Lipinski definition) is 5. The van der Waals surface area contributed by atoms with E-state index in [4.69, 9.17) is 4.74 Å². The van der Waals surface area contributed by atoms with Gasteiger partial charge in [-0.15, -0.1) is 11.3 Å². The van der Waals surface area contributed by atoms with Gasteiger partial charge in [0.05, 0.1) is 23.7 Å².